The molecule has 1 heterocycles. The summed E-state index contributed by atoms with van der Waals surface area (Å²) in [6.07, 6.45) is 0. The number of hydrogen-bond donors (Lipinski definition) is 1. The molecule has 0 aliphatic carbocycles. The van der Waals surface area contributed by atoms with Crippen molar-refractivity contribution < 1.29 is 19.1 Å². The molecule has 3 rings (SSSR count). The number of carbonyl (C=O) groups excluding carboxylic acids is 2. The van der Waals surface area contributed by atoms with Crippen molar-refractivity contribution in [3.05, 3.63) is 47.0 Å². The number of ether oxygens (including phenoxy) is 2. The fourth-order valence-electron chi connectivity index (χ4n) is 3.63. The second kappa shape index (κ2) is 9.92. The molecule has 0 unspecified atom stereocenters. The molecule has 0 bridgehead atoms. The predicted molar refractivity (Wildman–Crippen MR) is 123 cm³/mol. The lowest BCUT2D eigenvalue weighted by Crippen LogP contribution is -2.50. The molecular formula is C23H28ClN3O4. The molecule has 0 atom stereocenters. The molecule has 0 spiro atoms. The van der Waals surface area contributed by atoms with Gasteiger partial charge in [0.15, 0.2) is 0 Å². The molecule has 0 radical (unpaired) electrons. The van der Waals surface area contributed by atoms with Gasteiger partial charge in [-0.25, -0.2) is 0 Å². The maximum atomic E-state index is 13.0. The zero-order valence-corrected chi connectivity index (χ0v) is 19.0. The Hall–Kier alpha value is -2.93. The summed E-state index contributed by atoms with van der Waals surface area (Å²) >= 11 is 6.52. The number of rotatable bonds is 6. The van der Waals surface area contributed by atoms with Crippen molar-refractivity contribution in [3.8, 4) is 11.5 Å². The van der Waals surface area contributed by atoms with Crippen LogP contribution in [-0.2, 0) is 4.79 Å². The molecule has 2 aromatic rings. The van der Waals surface area contributed by atoms with Crippen LogP contribution < -0.4 is 19.7 Å². The number of nitrogens with one attached hydrogen (secondary N) is 1. The summed E-state index contributed by atoms with van der Waals surface area (Å²) in [5.41, 5.74) is 1.75. The summed E-state index contributed by atoms with van der Waals surface area (Å²) in [5.74, 6) is 0.837. The Morgan fingerprint density at radius 2 is 1.74 bits per heavy atom. The Bertz CT molecular complexity index is 956. The van der Waals surface area contributed by atoms with E-state index in [0.717, 1.165) is 5.69 Å². The van der Waals surface area contributed by atoms with Crippen molar-refractivity contribution in [2.75, 3.05) is 50.6 Å². The van der Waals surface area contributed by atoms with Crippen molar-refractivity contribution in [2.24, 2.45) is 5.92 Å². The van der Waals surface area contributed by atoms with Gasteiger partial charge in [-0.15, -0.1) is 0 Å². The van der Waals surface area contributed by atoms with Gasteiger partial charge in [0, 0.05) is 38.2 Å². The lowest BCUT2D eigenvalue weighted by atomic mass is 10.1. The van der Waals surface area contributed by atoms with Crippen LogP contribution in [0.2, 0.25) is 5.02 Å². The molecule has 31 heavy (non-hydrogen) atoms. The summed E-state index contributed by atoms with van der Waals surface area (Å²) < 4.78 is 10.6. The van der Waals surface area contributed by atoms with Crippen LogP contribution in [0.4, 0.5) is 11.4 Å². The Morgan fingerprint density at radius 3 is 2.35 bits per heavy atom. The van der Waals surface area contributed by atoms with Crippen LogP contribution in [0.5, 0.6) is 11.5 Å². The van der Waals surface area contributed by atoms with E-state index in [1.165, 1.54) is 7.11 Å². The van der Waals surface area contributed by atoms with E-state index in [4.69, 9.17) is 21.1 Å². The fraction of sp³-hybridized carbons (Fsp3) is 0.391. The number of amides is 2. The average molecular weight is 446 g/mol. The van der Waals surface area contributed by atoms with Gasteiger partial charge in [-0.1, -0.05) is 31.5 Å². The van der Waals surface area contributed by atoms with Gasteiger partial charge in [0.25, 0.3) is 5.91 Å². The average Bonchev–Trinajstić information content (AvgIpc) is 2.78. The highest BCUT2D eigenvalue weighted by Gasteiger charge is 2.26. The first-order valence-corrected chi connectivity index (χ1v) is 10.6. The van der Waals surface area contributed by atoms with Crippen LogP contribution >= 0.6 is 11.6 Å². The number of anilines is 2. The van der Waals surface area contributed by atoms with Gasteiger partial charge in [0.2, 0.25) is 5.91 Å². The molecule has 1 saturated heterocycles. The normalized spacial score (nSPS) is 13.9. The first-order chi connectivity index (χ1) is 14.8. The van der Waals surface area contributed by atoms with Crippen LogP contribution in [0, 0.1) is 5.92 Å². The summed E-state index contributed by atoms with van der Waals surface area (Å²) in [4.78, 5) is 29.3. The van der Waals surface area contributed by atoms with Gasteiger partial charge in [-0.05, 0) is 24.3 Å². The van der Waals surface area contributed by atoms with Gasteiger partial charge in [0.1, 0.15) is 11.5 Å². The van der Waals surface area contributed by atoms with Gasteiger partial charge in [0.05, 0.1) is 36.2 Å². The number of hydrogen-bond acceptors (Lipinski definition) is 5. The van der Waals surface area contributed by atoms with E-state index >= 15 is 0 Å². The maximum Gasteiger partial charge on any atom is 0.259 e. The van der Waals surface area contributed by atoms with Crippen molar-refractivity contribution in [2.45, 2.75) is 13.8 Å². The molecular weight excluding hydrogens is 418 g/mol. The number of benzene rings is 2. The van der Waals surface area contributed by atoms with Gasteiger partial charge in [-0.3, -0.25) is 9.59 Å². The summed E-state index contributed by atoms with van der Waals surface area (Å²) in [6, 6.07) is 10.5. The minimum Gasteiger partial charge on any atom is -0.497 e. The molecule has 0 saturated carbocycles. The lowest BCUT2D eigenvalue weighted by molar-refractivity contribution is -0.134. The zero-order valence-electron chi connectivity index (χ0n) is 18.3. The van der Waals surface area contributed by atoms with Crippen LogP contribution in [-0.4, -0.2) is 57.1 Å². The highest BCUT2D eigenvalue weighted by Crippen LogP contribution is 2.35. The molecule has 0 aromatic heterocycles. The number of piperazine rings is 1. The van der Waals surface area contributed by atoms with Crippen molar-refractivity contribution in [1.29, 1.82) is 0 Å². The third-order valence-corrected chi connectivity index (χ3v) is 5.59. The monoisotopic (exact) mass is 445 g/mol. The summed E-state index contributed by atoms with van der Waals surface area (Å²) in [6.45, 7) is 6.31. The fourth-order valence-corrected chi connectivity index (χ4v) is 3.92. The summed E-state index contributed by atoms with van der Waals surface area (Å²) in [5, 5.41) is 3.51. The second-order valence-corrected chi connectivity index (χ2v) is 8.03. The molecule has 8 heteroatoms. The van der Waals surface area contributed by atoms with Crippen molar-refractivity contribution >= 4 is 34.8 Å². The SMILES string of the molecule is COc1ccc(C(=O)Nc2cccc(Cl)c2N2CCN(C(=O)C(C)C)CC2)c(OC)c1. The molecule has 2 aromatic carbocycles. The van der Waals surface area contributed by atoms with Crippen molar-refractivity contribution in [3.63, 3.8) is 0 Å². The van der Waals surface area contributed by atoms with Crippen molar-refractivity contribution in [1.82, 2.24) is 4.90 Å². The molecule has 2 amide bonds. The van der Waals surface area contributed by atoms with Gasteiger partial charge >= 0.3 is 0 Å². The van der Waals surface area contributed by atoms with Crippen LogP contribution in [0.3, 0.4) is 0 Å². The summed E-state index contributed by atoms with van der Waals surface area (Å²) in [7, 11) is 3.07. The predicted octanol–water partition coefficient (Wildman–Crippen LogP) is 3.91. The third-order valence-electron chi connectivity index (χ3n) is 5.29. The van der Waals surface area contributed by atoms with Gasteiger partial charge in [-0.2, -0.15) is 0 Å². The highest BCUT2D eigenvalue weighted by molar-refractivity contribution is 6.34. The molecule has 1 fully saturated rings. The standard InChI is InChI=1S/C23H28ClN3O4/c1-15(2)23(29)27-12-10-26(11-13-27)21-18(24)6-5-7-19(21)25-22(28)17-9-8-16(30-3)14-20(17)31-4/h5-9,14-15H,10-13H2,1-4H3,(H,25,28). The number of halogens is 1. The minimum absolute atomic E-state index is 0.0267. The number of carbonyl (C=O) groups is 2. The molecule has 166 valence electrons. The Labute approximate surface area is 187 Å². The highest BCUT2D eigenvalue weighted by atomic mass is 35.5. The smallest absolute Gasteiger partial charge is 0.259 e. The molecule has 1 aliphatic heterocycles. The van der Waals surface area contributed by atoms with Crippen LogP contribution in [0.15, 0.2) is 36.4 Å². The first kappa shape index (κ1) is 22.7. The number of methoxy groups -OCH3 is 2. The first-order valence-electron chi connectivity index (χ1n) is 10.2. The molecule has 1 N–H and O–H groups in total. The van der Waals surface area contributed by atoms with Gasteiger partial charge < -0.3 is 24.6 Å². The van der Waals surface area contributed by atoms with Crippen LogP contribution in [0.1, 0.15) is 24.2 Å². The Kier molecular flexibility index (Phi) is 7.28. The maximum absolute atomic E-state index is 13.0. The number of para-hydroxylation sites is 1. The van der Waals surface area contributed by atoms with E-state index in [-0.39, 0.29) is 17.7 Å². The minimum atomic E-state index is -0.309. The van der Waals surface area contributed by atoms with E-state index in [2.05, 4.69) is 10.2 Å². The van der Waals surface area contributed by atoms with E-state index in [1.54, 1.807) is 37.4 Å². The largest absolute Gasteiger partial charge is 0.497 e. The Morgan fingerprint density at radius 1 is 1.03 bits per heavy atom. The third kappa shape index (κ3) is 5.05. The quantitative estimate of drug-likeness (QED) is 0.729. The molecule has 1 aliphatic rings. The topological polar surface area (TPSA) is 71.1 Å². The van der Waals surface area contributed by atoms with E-state index in [9.17, 15) is 9.59 Å². The van der Waals surface area contributed by atoms with E-state index in [1.807, 2.05) is 24.8 Å². The lowest BCUT2D eigenvalue weighted by Gasteiger charge is -2.38. The second-order valence-electron chi connectivity index (χ2n) is 7.62. The Balaban J connectivity index is 1.81. The number of nitrogens with zero attached hydrogens (tertiary/aromatic N) is 2. The van der Waals surface area contributed by atoms with E-state index in [0.29, 0.717) is 54.0 Å². The molecule has 7 nitrogen and oxygen atoms in total. The zero-order chi connectivity index (χ0) is 22.5. The van der Waals surface area contributed by atoms with Crippen LogP contribution in [0.25, 0.3) is 0 Å². The van der Waals surface area contributed by atoms with E-state index < -0.39 is 0 Å².